The van der Waals surface area contributed by atoms with E-state index in [1.807, 2.05) is 0 Å². The number of nitrogens with one attached hydrogen (secondary N) is 3. The Morgan fingerprint density at radius 2 is 2.07 bits per heavy atom. The molecule has 1 amide bonds. The Hall–Kier alpha value is -0.610. The lowest BCUT2D eigenvalue weighted by atomic mass is 10.0. The van der Waals surface area contributed by atoms with Crippen LogP contribution in [0.2, 0.25) is 0 Å². The SMILES string of the molecule is O=C(N[C@H]1CCCNC1)[C@@H]1CCCCN1. The zero-order valence-corrected chi connectivity index (χ0v) is 9.22. The number of carbonyl (C=O) groups is 1. The van der Waals surface area contributed by atoms with E-state index in [-0.39, 0.29) is 11.9 Å². The molecule has 2 fully saturated rings. The second-order valence-corrected chi connectivity index (χ2v) is 4.55. The van der Waals surface area contributed by atoms with Crippen molar-refractivity contribution in [2.75, 3.05) is 19.6 Å². The molecule has 86 valence electrons. The van der Waals surface area contributed by atoms with E-state index in [1.165, 1.54) is 19.3 Å². The summed E-state index contributed by atoms with van der Waals surface area (Å²) in [5.74, 6) is 0.198. The first-order valence-electron chi connectivity index (χ1n) is 6.11. The van der Waals surface area contributed by atoms with E-state index in [2.05, 4.69) is 16.0 Å². The Bertz CT molecular complexity index is 208. The molecule has 0 aromatic heterocycles. The molecule has 0 aromatic carbocycles. The van der Waals surface area contributed by atoms with Gasteiger partial charge in [0.05, 0.1) is 6.04 Å². The van der Waals surface area contributed by atoms with Crippen molar-refractivity contribution in [3.8, 4) is 0 Å². The fourth-order valence-corrected chi connectivity index (χ4v) is 2.35. The maximum absolute atomic E-state index is 11.9. The topological polar surface area (TPSA) is 53.2 Å². The minimum atomic E-state index is 0.0562. The van der Waals surface area contributed by atoms with Crippen LogP contribution in [0.25, 0.3) is 0 Å². The van der Waals surface area contributed by atoms with E-state index in [1.54, 1.807) is 0 Å². The van der Waals surface area contributed by atoms with Gasteiger partial charge in [0.25, 0.3) is 0 Å². The molecule has 4 nitrogen and oxygen atoms in total. The molecule has 0 radical (unpaired) electrons. The van der Waals surface area contributed by atoms with Crippen molar-refractivity contribution in [2.45, 2.75) is 44.2 Å². The average molecular weight is 211 g/mol. The maximum atomic E-state index is 11.9. The zero-order chi connectivity index (χ0) is 10.5. The summed E-state index contributed by atoms with van der Waals surface area (Å²) >= 11 is 0. The van der Waals surface area contributed by atoms with E-state index < -0.39 is 0 Å². The van der Waals surface area contributed by atoms with Crippen molar-refractivity contribution < 1.29 is 4.79 Å². The van der Waals surface area contributed by atoms with Crippen LogP contribution in [0.15, 0.2) is 0 Å². The van der Waals surface area contributed by atoms with Crippen LogP contribution in [0, 0.1) is 0 Å². The molecule has 4 heteroatoms. The zero-order valence-electron chi connectivity index (χ0n) is 9.22. The lowest BCUT2D eigenvalue weighted by Gasteiger charge is -2.28. The first-order valence-corrected chi connectivity index (χ1v) is 6.11. The summed E-state index contributed by atoms with van der Waals surface area (Å²) in [6.07, 6.45) is 5.66. The highest BCUT2D eigenvalue weighted by molar-refractivity contribution is 5.82. The number of hydrogen-bond donors (Lipinski definition) is 3. The van der Waals surface area contributed by atoms with E-state index in [0.717, 1.165) is 32.5 Å². The molecule has 2 aliphatic heterocycles. The maximum Gasteiger partial charge on any atom is 0.237 e. The summed E-state index contributed by atoms with van der Waals surface area (Å²) in [6, 6.07) is 0.399. The van der Waals surface area contributed by atoms with Crippen molar-refractivity contribution in [3.63, 3.8) is 0 Å². The second kappa shape index (κ2) is 5.47. The minimum Gasteiger partial charge on any atom is -0.351 e. The predicted molar refractivity (Wildman–Crippen MR) is 59.7 cm³/mol. The summed E-state index contributed by atoms with van der Waals surface area (Å²) < 4.78 is 0. The summed E-state index contributed by atoms with van der Waals surface area (Å²) in [4.78, 5) is 11.9. The van der Waals surface area contributed by atoms with Crippen molar-refractivity contribution in [1.82, 2.24) is 16.0 Å². The van der Waals surface area contributed by atoms with Gasteiger partial charge in [-0.15, -0.1) is 0 Å². The van der Waals surface area contributed by atoms with Gasteiger partial charge in [0, 0.05) is 12.6 Å². The third-order valence-electron chi connectivity index (χ3n) is 3.27. The van der Waals surface area contributed by atoms with E-state index >= 15 is 0 Å². The Morgan fingerprint density at radius 3 is 2.73 bits per heavy atom. The van der Waals surface area contributed by atoms with Crippen LogP contribution >= 0.6 is 0 Å². The molecule has 0 unspecified atom stereocenters. The van der Waals surface area contributed by atoms with Crippen LogP contribution in [-0.4, -0.2) is 37.6 Å². The molecule has 2 aliphatic rings. The highest BCUT2D eigenvalue weighted by Gasteiger charge is 2.23. The van der Waals surface area contributed by atoms with Gasteiger partial charge < -0.3 is 16.0 Å². The van der Waals surface area contributed by atoms with Crippen molar-refractivity contribution in [3.05, 3.63) is 0 Å². The van der Waals surface area contributed by atoms with Gasteiger partial charge in [-0.1, -0.05) is 6.42 Å². The number of piperidine rings is 2. The van der Waals surface area contributed by atoms with Gasteiger partial charge in [-0.05, 0) is 38.8 Å². The number of hydrogen-bond acceptors (Lipinski definition) is 3. The molecule has 0 aliphatic carbocycles. The number of carbonyl (C=O) groups excluding carboxylic acids is 1. The number of rotatable bonds is 2. The second-order valence-electron chi connectivity index (χ2n) is 4.55. The van der Waals surface area contributed by atoms with Crippen molar-refractivity contribution in [2.24, 2.45) is 0 Å². The minimum absolute atomic E-state index is 0.0562. The normalized spacial score (nSPS) is 32.3. The molecule has 2 rings (SSSR count). The molecule has 15 heavy (non-hydrogen) atoms. The monoisotopic (exact) mass is 211 g/mol. The molecule has 2 saturated heterocycles. The first-order chi connectivity index (χ1) is 7.36. The largest absolute Gasteiger partial charge is 0.351 e. The van der Waals surface area contributed by atoms with Gasteiger partial charge in [-0.3, -0.25) is 4.79 Å². The van der Waals surface area contributed by atoms with Crippen molar-refractivity contribution in [1.29, 1.82) is 0 Å². The molecule has 0 aromatic rings. The highest BCUT2D eigenvalue weighted by Crippen LogP contribution is 2.08. The molecule has 3 N–H and O–H groups in total. The van der Waals surface area contributed by atoms with E-state index in [4.69, 9.17) is 0 Å². The standard InChI is InChI=1S/C11H21N3O/c15-11(10-5-1-2-7-13-10)14-9-4-3-6-12-8-9/h9-10,12-13H,1-8H2,(H,14,15)/t9-,10-/m0/s1. The molecule has 0 spiro atoms. The summed E-state index contributed by atoms with van der Waals surface area (Å²) in [5.41, 5.74) is 0. The smallest absolute Gasteiger partial charge is 0.237 e. The van der Waals surface area contributed by atoms with Gasteiger partial charge in [-0.25, -0.2) is 0 Å². The fourth-order valence-electron chi connectivity index (χ4n) is 2.35. The quantitative estimate of drug-likeness (QED) is 0.602. The molecular weight excluding hydrogens is 190 g/mol. The predicted octanol–water partition coefficient (Wildman–Crippen LogP) is -0.00330. The molecule has 2 heterocycles. The van der Waals surface area contributed by atoms with Crippen LogP contribution < -0.4 is 16.0 Å². The van der Waals surface area contributed by atoms with E-state index in [0.29, 0.717) is 6.04 Å². The summed E-state index contributed by atoms with van der Waals surface area (Å²) in [5, 5.41) is 9.71. The molecule has 0 saturated carbocycles. The molecule has 2 atom stereocenters. The van der Waals surface area contributed by atoms with Gasteiger partial charge >= 0.3 is 0 Å². The fraction of sp³-hybridized carbons (Fsp3) is 0.909. The summed E-state index contributed by atoms with van der Waals surface area (Å²) in [6.45, 7) is 3.01. The Labute approximate surface area is 91.2 Å². The lowest BCUT2D eigenvalue weighted by molar-refractivity contribution is -0.124. The van der Waals surface area contributed by atoms with Crippen LogP contribution in [0.1, 0.15) is 32.1 Å². The Kier molecular flexibility index (Phi) is 3.97. The highest BCUT2D eigenvalue weighted by atomic mass is 16.2. The third kappa shape index (κ3) is 3.18. The summed E-state index contributed by atoms with van der Waals surface area (Å²) in [7, 11) is 0. The van der Waals surface area contributed by atoms with Crippen LogP contribution in [0.4, 0.5) is 0 Å². The Morgan fingerprint density at radius 1 is 1.13 bits per heavy atom. The van der Waals surface area contributed by atoms with Gasteiger partial charge in [0.15, 0.2) is 0 Å². The Balaban J connectivity index is 1.74. The molecular formula is C11H21N3O. The van der Waals surface area contributed by atoms with Crippen molar-refractivity contribution >= 4 is 5.91 Å². The van der Waals surface area contributed by atoms with Gasteiger partial charge in [-0.2, -0.15) is 0 Å². The van der Waals surface area contributed by atoms with Gasteiger partial charge in [0.1, 0.15) is 0 Å². The molecule has 0 bridgehead atoms. The average Bonchev–Trinajstić information content (AvgIpc) is 2.31. The van der Waals surface area contributed by atoms with Crippen LogP contribution in [-0.2, 0) is 4.79 Å². The van der Waals surface area contributed by atoms with Crippen LogP contribution in [0.3, 0.4) is 0 Å². The van der Waals surface area contributed by atoms with Crippen LogP contribution in [0.5, 0.6) is 0 Å². The van der Waals surface area contributed by atoms with E-state index in [9.17, 15) is 4.79 Å². The van der Waals surface area contributed by atoms with Gasteiger partial charge in [0.2, 0.25) is 5.91 Å². The number of amides is 1. The lowest BCUT2D eigenvalue weighted by Crippen LogP contribution is -2.53. The first kappa shape index (κ1) is 10.9. The third-order valence-corrected chi connectivity index (χ3v) is 3.27.